The van der Waals surface area contributed by atoms with E-state index >= 15 is 0 Å². The number of aromatic nitrogens is 1. The number of pyridine rings is 1. The molecule has 6 nitrogen and oxygen atoms in total. The summed E-state index contributed by atoms with van der Waals surface area (Å²) >= 11 is 0. The van der Waals surface area contributed by atoms with E-state index in [0.717, 1.165) is 11.1 Å². The third-order valence-electron chi connectivity index (χ3n) is 5.94. The summed E-state index contributed by atoms with van der Waals surface area (Å²) in [5.74, 6) is -0.0339. The number of carbonyl (C=O) groups excluding carboxylic acids is 1. The SMILES string of the molecule is CN1C(=O)C(c2ccc([Si](C)(C)C)cc2)(c2cccc(-c3cnccc3C#N)c2)N=C1N. The lowest BCUT2D eigenvalue weighted by Gasteiger charge is -2.27. The van der Waals surface area contributed by atoms with E-state index in [1.54, 1.807) is 25.5 Å². The van der Waals surface area contributed by atoms with Crippen LogP contribution in [0.5, 0.6) is 0 Å². The molecule has 0 saturated heterocycles. The average Bonchev–Trinajstić information content (AvgIpc) is 3.03. The molecule has 1 atom stereocenters. The molecule has 2 aromatic carbocycles. The number of nitrogens with two attached hydrogens (primary N) is 1. The van der Waals surface area contributed by atoms with Gasteiger partial charge in [0, 0.05) is 25.0 Å². The summed E-state index contributed by atoms with van der Waals surface area (Å²) in [6, 6.07) is 19.6. The second-order valence-electron chi connectivity index (χ2n) is 8.99. The topological polar surface area (TPSA) is 95.4 Å². The molecule has 0 spiro atoms. The van der Waals surface area contributed by atoms with Crippen LogP contribution in [0.4, 0.5) is 0 Å². The Balaban J connectivity index is 1.92. The number of amides is 1. The first-order chi connectivity index (χ1) is 15.2. The Labute approximate surface area is 189 Å². The normalized spacial score (nSPS) is 18.4. The molecule has 32 heavy (non-hydrogen) atoms. The van der Waals surface area contributed by atoms with Gasteiger partial charge in [-0.1, -0.05) is 67.3 Å². The Hall–Kier alpha value is -3.76. The Morgan fingerprint density at radius 2 is 1.78 bits per heavy atom. The maximum atomic E-state index is 13.6. The van der Waals surface area contributed by atoms with E-state index in [2.05, 4.69) is 42.8 Å². The van der Waals surface area contributed by atoms with Gasteiger partial charge in [-0.05, 0) is 28.8 Å². The number of likely N-dealkylation sites (N-methyl/N-ethyl adjacent to an activating group) is 1. The number of guanidine groups is 1. The minimum Gasteiger partial charge on any atom is -0.369 e. The number of benzene rings is 2. The lowest BCUT2D eigenvalue weighted by molar-refractivity contribution is -0.129. The first kappa shape index (κ1) is 21.5. The molecular formula is C25H25N5OSi. The smallest absolute Gasteiger partial charge is 0.266 e. The van der Waals surface area contributed by atoms with Crippen LogP contribution in [0.15, 0.2) is 72.0 Å². The molecule has 0 fully saturated rings. The quantitative estimate of drug-likeness (QED) is 0.632. The summed E-state index contributed by atoms with van der Waals surface area (Å²) in [5.41, 5.74) is 8.32. The van der Waals surface area contributed by atoms with Crippen LogP contribution in [0.2, 0.25) is 19.6 Å². The number of nitrogens with zero attached hydrogens (tertiary/aromatic N) is 4. The van der Waals surface area contributed by atoms with Crippen molar-refractivity contribution in [2.75, 3.05) is 7.05 Å². The van der Waals surface area contributed by atoms with Crippen molar-refractivity contribution in [2.24, 2.45) is 10.7 Å². The first-order valence-electron chi connectivity index (χ1n) is 10.4. The van der Waals surface area contributed by atoms with Crippen molar-refractivity contribution < 1.29 is 4.79 Å². The molecule has 3 aromatic rings. The van der Waals surface area contributed by atoms with Crippen LogP contribution in [0.25, 0.3) is 11.1 Å². The van der Waals surface area contributed by atoms with E-state index in [9.17, 15) is 10.1 Å². The second-order valence-corrected chi connectivity index (χ2v) is 14.1. The highest BCUT2D eigenvalue weighted by Crippen LogP contribution is 2.40. The Morgan fingerprint density at radius 1 is 1.06 bits per heavy atom. The Morgan fingerprint density at radius 3 is 2.38 bits per heavy atom. The lowest BCUT2D eigenvalue weighted by Crippen LogP contribution is -2.42. The van der Waals surface area contributed by atoms with E-state index < -0.39 is 13.6 Å². The van der Waals surface area contributed by atoms with Crippen molar-refractivity contribution in [2.45, 2.75) is 25.2 Å². The molecule has 2 heterocycles. The van der Waals surface area contributed by atoms with Gasteiger partial charge in [-0.25, -0.2) is 4.99 Å². The van der Waals surface area contributed by atoms with Gasteiger partial charge >= 0.3 is 0 Å². The molecule has 0 radical (unpaired) electrons. The highest BCUT2D eigenvalue weighted by atomic mass is 28.3. The van der Waals surface area contributed by atoms with E-state index in [4.69, 9.17) is 10.7 Å². The van der Waals surface area contributed by atoms with Crippen LogP contribution in [0.1, 0.15) is 16.7 Å². The number of nitriles is 1. The molecule has 1 aromatic heterocycles. The zero-order valence-electron chi connectivity index (χ0n) is 18.6. The summed E-state index contributed by atoms with van der Waals surface area (Å²) < 4.78 is 0. The third kappa shape index (κ3) is 3.39. The van der Waals surface area contributed by atoms with Crippen LogP contribution in [-0.2, 0) is 10.3 Å². The summed E-state index contributed by atoms with van der Waals surface area (Å²) in [7, 11) is 0.137. The molecule has 0 saturated carbocycles. The largest absolute Gasteiger partial charge is 0.369 e. The fourth-order valence-corrected chi connectivity index (χ4v) is 5.20. The van der Waals surface area contributed by atoms with Gasteiger partial charge in [0.25, 0.3) is 5.91 Å². The van der Waals surface area contributed by atoms with Gasteiger partial charge in [0.1, 0.15) is 0 Å². The molecule has 7 heteroatoms. The van der Waals surface area contributed by atoms with Gasteiger partial charge in [0.05, 0.1) is 19.7 Å². The molecule has 4 rings (SSSR count). The molecule has 1 unspecified atom stereocenters. The predicted octanol–water partition coefficient (Wildman–Crippen LogP) is 3.20. The van der Waals surface area contributed by atoms with Crippen LogP contribution < -0.4 is 10.9 Å². The van der Waals surface area contributed by atoms with Crippen molar-refractivity contribution in [3.63, 3.8) is 0 Å². The number of aliphatic imine (C=N–C) groups is 1. The number of rotatable bonds is 4. The van der Waals surface area contributed by atoms with E-state index in [-0.39, 0.29) is 11.9 Å². The number of hydrogen-bond acceptors (Lipinski definition) is 5. The monoisotopic (exact) mass is 439 g/mol. The first-order valence-corrected chi connectivity index (χ1v) is 13.9. The van der Waals surface area contributed by atoms with Gasteiger partial charge in [-0.15, -0.1) is 0 Å². The number of hydrogen-bond donors (Lipinski definition) is 1. The highest BCUT2D eigenvalue weighted by Gasteiger charge is 2.49. The predicted molar refractivity (Wildman–Crippen MR) is 129 cm³/mol. The van der Waals surface area contributed by atoms with E-state index in [1.165, 1.54) is 10.1 Å². The van der Waals surface area contributed by atoms with Gasteiger partial charge < -0.3 is 5.73 Å². The number of carbonyl (C=O) groups is 1. The second kappa shape index (κ2) is 7.73. The summed E-state index contributed by atoms with van der Waals surface area (Å²) in [6.07, 6.45) is 3.25. The van der Waals surface area contributed by atoms with Crippen molar-refractivity contribution in [3.05, 3.63) is 83.7 Å². The van der Waals surface area contributed by atoms with Crippen LogP contribution in [0.3, 0.4) is 0 Å². The van der Waals surface area contributed by atoms with Crippen LogP contribution in [0, 0.1) is 11.3 Å². The highest BCUT2D eigenvalue weighted by molar-refractivity contribution is 6.88. The third-order valence-corrected chi connectivity index (χ3v) is 8.01. The molecule has 160 valence electrons. The molecule has 0 bridgehead atoms. The molecule has 2 N–H and O–H groups in total. The summed E-state index contributed by atoms with van der Waals surface area (Å²) in [5, 5.41) is 10.8. The minimum atomic E-state index is -1.50. The summed E-state index contributed by atoms with van der Waals surface area (Å²) in [4.78, 5) is 23.8. The fraction of sp³-hybridized carbons (Fsp3) is 0.200. The van der Waals surface area contributed by atoms with E-state index in [1.807, 2.05) is 36.4 Å². The molecule has 1 aliphatic heterocycles. The van der Waals surface area contributed by atoms with Crippen LogP contribution >= 0.6 is 0 Å². The molecular weight excluding hydrogens is 414 g/mol. The molecule has 0 aliphatic carbocycles. The van der Waals surface area contributed by atoms with Gasteiger partial charge in [-0.2, -0.15) is 5.26 Å². The Bertz CT molecular complexity index is 1270. The van der Waals surface area contributed by atoms with Crippen LogP contribution in [-0.4, -0.2) is 36.9 Å². The zero-order chi connectivity index (χ0) is 23.1. The zero-order valence-corrected chi connectivity index (χ0v) is 19.6. The van der Waals surface area contributed by atoms with E-state index in [0.29, 0.717) is 16.7 Å². The van der Waals surface area contributed by atoms with Gasteiger partial charge in [0.15, 0.2) is 11.5 Å². The van der Waals surface area contributed by atoms with Crippen molar-refractivity contribution in [3.8, 4) is 17.2 Å². The summed E-state index contributed by atoms with van der Waals surface area (Å²) in [6.45, 7) is 6.85. The maximum Gasteiger partial charge on any atom is 0.266 e. The van der Waals surface area contributed by atoms with Gasteiger partial charge in [0.2, 0.25) is 0 Å². The molecule has 1 aliphatic rings. The Kier molecular flexibility index (Phi) is 5.19. The standard InChI is InChI=1S/C25H25N5OSi/c1-30-23(31)25(29-24(30)27,19-8-10-21(11-9-19)32(2,3)4)20-7-5-6-17(14-20)22-16-28-13-12-18(22)15-26/h5-14,16H,1-4H3,(H2,27,29). The van der Waals surface area contributed by atoms with Crippen molar-refractivity contribution in [1.29, 1.82) is 5.26 Å². The minimum absolute atomic E-state index is 0.175. The maximum absolute atomic E-state index is 13.6. The van der Waals surface area contributed by atoms with Crippen molar-refractivity contribution in [1.82, 2.24) is 9.88 Å². The fourth-order valence-electron chi connectivity index (χ4n) is 4.03. The lowest BCUT2D eigenvalue weighted by atomic mass is 9.81. The average molecular weight is 440 g/mol. The van der Waals surface area contributed by atoms with Crippen molar-refractivity contribution >= 4 is 25.1 Å². The van der Waals surface area contributed by atoms with Gasteiger partial charge in [-0.3, -0.25) is 14.7 Å². The molecule has 1 amide bonds.